The Morgan fingerprint density at radius 1 is 0.162 bits per heavy atom. The van der Waals surface area contributed by atoms with Gasteiger partial charge in [-0.2, -0.15) is 0 Å². The lowest BCUT2D eigenvalue weighted by Crippen LogP contribution is -2.14. The molecule has 0 heteroatoms. The van der Waals surface area contributed by atoms with Crippen molar-refractivity contribution >= 4 is 10.8 Å². The lowest BCUT2D eigenvalue weighted by Gasteiger charge is -2.21. The van der Waals surface area contributed by atoms with Gasteiger partial charge in [0.25, 0.3) is 0 Å². The van der Waals surface area contributed by atoms with Gasteiger partial charge in [-0.3, -0.25) is 0 Å². The van der Waals surface area contributed by atoms with Crippen LogP contribution in [0.15, 0.2) is 358 Å². The second kappa shape index (κ2) is 29.5. The number of fused-ring (bicyclic) bond motifs is 7. The van der Waals surface area contributed by atoms with E-state index in [0.717, 1.165) is 0 Å². The average molecular weight is 1280 g/mol. The first-order valence-electron chi connectivity index (χ1n) is 34.8. The van der Waals surface area contributed by atoms with Crippen molar-refractivity contribution in [3.63, 3.8) is 0 Å². The van der Waals surface area contributed by atoms with Crippen LogP contribution in [-0.4, -0.2) is 0 Å². The molecular formula is C99H86. The maximum Gasteiger partial charge on any atom is 0.0158 e. The Balaban J connectivity index is 0.000000114. The van der Waals surface area contributed by atoms with Crippen LogP contribution in [0.1, 0.15) is 77.8 Å². The number of hydrogen-bond acceptors (Lipinski definition) is 0. The van der Waals surface area contributed by atoms with Crippen LogP contribution < -0.4 is 0 Å². The van der Waals surface area contributed by atoms with Crippen LogP contribution in [-0.2, 0) is 10.8 Å². The highest BCUT2D eigenvalue weighted by Gasteiger charge is 2.36. The molecule has 0 aliphatic heterocycles. The van der Waals surface area contributed by atoms with Gasteiger partial charge in [0, 0.05) is 10.8 Å². The van der Waals surface area contributed by atoms with Gasteiger partial charge in [0.2, 0.25) is 0 Å². The van der Waals surface area contributed by atoms with Crippen molar-refractivity contribution in [1.29, 1.82) is 0 Å². The third kappa shape index (κ3) is 14.8. The van der Waals surface area contributed by atoms with E-state index in [1.807, 2.05) is 6.07 Å². The zero-order valence-electron chi connectivity index (χ0n) is 58.6. The molecule has 0 unspecified atom stereocenters. The Morgan fingerprint density at radius 3 is 1.12 bits per heavy atom. The first kappa shape index (κ1) is 66.2. The zero-order valence-corrected chi connectivity index (χ0v) is 58.6. The van der Waals surface area contributed by atoms with E-state index < -0.39 is 0 Å². The quantitative estimate of drug-likeness (QED) is 0.149. The van der Waals surface area contributed by atoms with Gasteiger partial charge >= 0.3 is 0 Å². The van der Waals surface area contributed by atoms with E-state index in [2.05, 4.69) is 414 Å². The molecule has 0 atom stereocenters. The molecule has 0 amide bonds. The van der Waals surface area contributed by atoms with Gasteiger partial charge in [-0.05, 0) is 192 Å². The summed E-state index contributed by atoms with van der Waals surface area (Å²) in [5.41, 5.74) is 35.9. The molecule has 2 aliphatic carbocycles. The Bertz CT molecular complexity index is 5240. The summed E-state index contributed by atoms with van der Waals surface area (Å²) in [5, 5.41) is 2.62. The lowest BCUT2D eigenvalue weighted by molar-refractivity contribution is 0.660. The summed E-state index contributed by atoms with van der Waals surface area (Å²) in [6.45, 7) is 20.0. The highest BCUT2D eigenvalue weighted by molar-refractivity contribution is 5.97. The Kier molecular flexibility index (Phi) is 19.7. The number of aryl methyl sites for hydroxylation is 5. The van der Waals surface area contributed by atoms with Gasteiger partial charge in [-0.25, -0.2) is 0 Å². The number of benzene rings is 15. The van der Waals surface area contributed by atoms with E-state index in [-0.39, 0.29) is 10.8 Å². The molecule has 0 aromatic heterocycles. The fourth-order valence-corrected chi connectivity index (χ4v) is 14.3. The first-order valence-corrected chi connectivity index (χ1v) is 34.8. The summed E-state index contributed by atoms with van der Waals surface area (Å²) in [4.78, 5) is 0. The Labute approximate surface area is 588 Å². The van der Waals surface area contributed by atoms with Crippen LogP contribution in [0.25, 0.3) is 111 Å². The molecule has 0 radical (unpaired) electrons. The van der Waals surface area contributed by atoms with Crippen LogP contribution in [0.3, 0.4) is 0 Å². The van der Waals surface area contributed by atoms with Crippen molar-refractivity contribution in [3.8, 4) is 100 Å². The molecule has 0 N–H and O–H groups in total. The van der Waals surface area contributed by atoms with Gasteiger partial charge in [0.05, 0.1) is 0 Å². The molecule has 0 fully saturated rings. The minimum atomic E-state index is 0.151. The van der Waals surface area contributed by atoms with Crippen molar-refractivity contribution in [3.05, 3.63) is 408 Å². The summed E-state index contributed by atoms with van der Waals surface area (Å²) in [6, 6.07) is 128. The van der Waals surface area contributed by atoms with E-state index in [9.17, 15) is 0 Å². The molecule has 15 aromatic rings. The SMILES string of the molecule is Cc1cc(-c2ccccc2)cc(-c2ccc(-c3ccccc3)cc2-c2ccccc2)c1.Cc1ccc(-c2cccc(-c3ccccc3)c2)cc1.Cc1ccc(-c2cccc3ccccc23)cc1.Cc1ccc2c(c1)-c1ccccc1C2(C)C.Cc1ccc2c(c1)C(C)(C)c1ccccc1-2. The average Bonchev–Trinajstić information content (AvgIpc) is 1.60. The molecule has 0 saturated carbocycles. The molecular weight excluding hydrogens is 1190 g/mol. The predicted octanol–water partition coefficient (Wildman–Crippen LogP) is 27.4. The first-order chi connectivity index (χ1) is 48.2. The Morgan fingerprint density at radius 2 is 0.515 bits per heavy atom. The fraction of sp³-hybridized carbons (Fsp3) is 0.111. The van der Waals surface area contributed by atoms with E-state index in [0.29, 0.717) is 0 Å². The lowest BCUT2D eigenvalue weighted by atomic mass is 9.82. The minimum absolute atomic E-state index is 0.151. The van der Waals surface area contributed by atoms with E-state index in [4.69, 9.17) is 0 Å². The van der Waals surface area contributed by atoms with Crippen molar-refractivity contribution in [2.45, 2.75) is 73.1 Å². The van der Waals surface area contributed by atoms with Gasteiger partial charge in [0.15, 0.2) is 0 Å². The molecule has 15 aromatic carbocycles. The minimum Gasteiger partial charge on any atom is -0.0622 e. The highest BCUT2D eigenvalue weighted by atomic mass is 14.4. The number of rotatable bonds is 7. The van der Waals surface area contributed by atoms with Gasteiger partial charge in [-0.15, -0.1) is 0 Å². The van der Waals surface area contributed by atoms with E-state index in [1.54, 1.807) is 0 Å². The standard InChI is InChI=1S/C31H24.C19H16.C17H14.2C16H16/c1-23-19-28(25-13-7-3-8-14-25)21-29(20-23)30-18-17-27(24-11-5-2-6-12-24)22-31(30)26-15-9-4-10-16-26;1-15-10-12-17(13-11-15)19-9-5-8-18(14-19)16-6-3-2-4-7-16;1-13-9-11-15(12-10-13)17-8-4-6-14-5-2-3-7-16(14)17;1-11-8-9-15-13(10-11)12-6-4-5-7-14(12)16(15,2)3;1-11-8-9-13-12-6-4-5-7-14(12)16(2,3)15(13)10-11/h2-22H,1H3;2-14H,1H3;2-12H,1H3;2*4-10H,1-3H3. The molecule has 17 rings (SSSR count). The molecule has 0 bridgehead atoms. The third-order valence-electron chi connectivity index (χ3n) is 19.7. The summed E-state index contributed by atoms with van der Waals surface area (Å²) in [7, 11) is 0. The predicted molar refractivity (Wildman–Crippen MR) is 427 cm³/mol. The van der Waals surface area contributed by atoms with Gasteiger partial charge in [-0.1, -0.05) is 390 Å². The zero-order chi connectivity index (χ0) is 68.5. The Hall–Kier alpha value is -11.4. The fourth-order valence-electron chi connectivity index (χ4n) is 14.3. The normalized spacial score (nSPS) is 12.3. The van der Waals surface area contributed by atoms with Gasteiger partial charge < -0.3 is 0 Å². The molecule has 0 spiro atoms. The second-order valence-corrected chi connectivity index (χ2v) is 27.6. The molecule has 0 heterocycles. The molecule has 482 valence electrons. The number of hydrogen-bond donors (Lipinski definition) is 0. The van der Waals surface area contributed by atoms with Crippen LogP contribution >= 0.6 is 0 Å². The monoisotopic (exact) mass is 1270 g/mol. The molecule has 0 saturated heterocycles. The van der Waals surface area contributed by atoms with Crippen LogP contribution in [0.4, 0.5) is 0 Å². The highest BCUT2D eigenvalue weighted by Crippen LogP contribution is 2.50. The van der Waals surface area contributed by atoms with Crippen molar-refractivity contribution in [2.75, 3.05) is 0 Å². The van der Waals surface area contributed by atoms with Gasteiger partial charge in [0.1, 0.15) is 0 Å². The second-order valence-electron chi connectivity index (χ2n) is 27.6. The van der Waals surface area contributed by atoms with Crippen LogP contribution in [0.2, 0.25) is 0 Å². The van der Waals surface area contributed by atoms with E-state index in [1.165, 1.54) is 161 Å². The maximum absolute atomic E-state index is 2.33. The third-order valence-corrected chi connectivity index (χ3v) is 19.7. The van der Waals surface area contributed by atoms with Crippen molar-refractivity contribution in [2.24, 2.45) is 0 Å². The smallest absolute Gasteiger partial charge is 0.0158 e. The summed E-state index contributed by atoms with van der Waals surface area (Å²) in [6.07, 6.45) is 0. The topological polar surface area (TPSA) is 0 Å². The van der Waals surface area contributed by atoms with Crippen molar-refractivity contribution in [1.82, 2.24) is 0 Å². The van der Waals surface area contributed by atoms with Crippen LogP contribution in [0.5, 0.6) is 0 Å². The molecule has 0 nitrogen and oxygen atoms in total. The summed E-state index contributed by atoms with van der Waals surface area (Å²) < 4.78 is 0. The largest absolute Gasteiger partial charge is 0.0622 e. The molecule has 99 heavy (non-hydrogen) atoms. The van der Waals surface area contributed by atoms with Crippen molar-refractivity contribution < 1.29 is 0 Å². The summed E-state index contributed by atoms with van der Waals surface area (Å²) in [5.74, 6) is 0. The van der Waals surface area contributed by atoms with Crippen LogP contribution in [0, 0.1) is 34.6 Å². The summed E-state index contributed by atoms with van der Waals surface area (Å²) >= 11 is 0. The maximum atomic E-state index is 2.33. The molecule has 2 aliphatic rings. The van der Waals surface area contributed by atoms with E-state index >= 15 is 0 Å².